The minimum Gasteiger partial charge on any atom is -0.286 e. The van der Waals surface area contributed by atoms with Crippen molar-refractivity contribution in [2.24, 2.45) is 11.8 Å². The number of anilines is 1. The van der Waals surface area contributed by atoms with Gasteiger partial charge in [0.15, 0.2) is 0 Å². The molecule has 0 aliphatic heterocycles. The smallest absolute Gasteiger partial charge is 0.262 e. The quantitative estimate of drug-likeness (QED) is 0.331. The van der Waals surface area contributed by atoms with Crippen LogP contribution in [0, 0.1) is 18.8 Å². The van der Waals surface area contributed by atoms with Crippen LogP contribution in [0.1, 0.15) is 38.7 Å². The molecular formula is C18H26N6O3. The van der Waals surface area contributed by atoms with E-state index in [1.54, 1.807) is 0 Å². The van der Waals surface area contributed by atoms with Crippen LogP contribution in [0.5, 0.6) is 0 Å². The van der Waals surface area contributed by atoms with Crippen LogP contribution in [0.15, 0.2) is 18.2 Å². The number of rotatable bonds is 10. The zero-order valence-electron chi connectivity index (χ0n) is 15.8. The molecule has 0 saturated heterocycles. The van der Waals surface area contributed by atoms with E-state index < -0.39 is 5.92 Å². The molecule has 1 heterocycles. The van der Waals surface area contributed by atoms with E-state index >= 15 is 0 Å². The van der Waals surface area contributed by atoms with Crippen molar-refractivity contribution in [2.45, 2.75) is 40.0 Å². The van der Waals surface area contributed by atoms with Gasteiger partial charge in [0.05, 0.1) is 18.0 Å². The van der Waals surface area contributed by atoms with E-state index in [0.717, 1.165) is 18.4 Å². The van der Waals surface area contributed by atoms with E-state index in [1.165, 1.54) is 0 Å². The van der Waals surface area contributed by atoms with Gasteiger partial charge in [0.1, 0.15) is 5.52 Å². The number of benzene rings is 1. The van der Waals surface area contributed by atoms with E-state index in [0.29, 0.717) is 28.4 Å². The lowest BCUT2D eigenvalue weighted by atomic mass is 9.97. The maximum atomic E-state index is 12.5. The van der Waals surface area contributed by atoms with Crippen LogP contribution in [0.2, 0.25) is 0 Å². The molecule has 1 atom stereocenters. The Kier molecular flexibility index (Phi) is 7.42. The number of hydrogen-bond donors (Lipinski definition) is 3. The molecule has 3 N–H and O–H groups in total. The molecule has 9 nitrogen and oxygen atoms in total. The molecule has 2 rings (SSSR count). The van der Waals surface area contributed by atoms with Crippen LogP contribution in [0.4, 0.5) is 5.95 Å². The molecule has 1 aromatic carbocycles. The second kappa shape index (κ2) is 9.77. The number of hydrogen-bond acceptors (Lipinski definition) is 7. The topological polar surface area (TPSA) is 120 Å². The average molecular weight is 374 g/mol. The van der Waals surface area contributed by atoms with Gasteiger partial charge in [-0.25, -0.2) is 10.0 Å². The summed E-state index contributed by atoms with van der Waals surface area (Å²) in [6, 6.07) is 5.60. The third-order valence-electron chi connectivity index (χ3n) is 4.22. The first-order chi connectivity index (χ1) is 12.9. The van der Waals surface area contributed by atoms with Crippen molar-refractivity contribution in [3.63, 3.8) is 0 Å². The molecule has 0 saturated carbocycles. The number of para-hydroxylation sites is 1. The molecule has 146 valence electrons. The molecule has 9 heteroatoms. The van der Waals surface area contributed by atoms with Crippen LogP contribution >= 0.6 is 0 Å². The standard InChI is InChI=1S/C18H26N6O3/c1-12(2)6-4-8-14(10-24(27)11-25)17(26)21-23-18-19-16-13(3)7-5-9-15(16)20-22-18/h5,7,9,11-12,14,27H,4,6,8,10H2,1-3H3,(H,21,26)(H,19,22,23)/t14-/m1/s1. The maximum absolute atomic E-state index is 12.5. The number of amides is 2. The summed E-state index contributed by atoms with van der Waals surface area (Å²) >= 11 is 0. The minimum absolute atomic E-state index is 0.0783. The van der Waals surface area contributed by atoms with Gasteiger partial charge >= 0.3 is 0 Å². The Balaban J connectivity index is 2.00. The number of nitrogens with one attached hydrogen (secondary N) is 2. The largest absolute Gasteiger partial charge is 0.286 e. The lowest BCUT2D eigenvalue weighted by Crippen LogP contribution is -2.40. The van der Waals surface area contributed by atoms with E-state index in [4.69, 9.17) is 0 Å². The average Bonchev–Trinajstić information content (AvgIpc) is 2.65. The Morgan fingerprint density at radius 1 is 1.30 bits per heavy atom. The summed E-state index contributed by atoms with van der Waals surface area (Å²) in [6.45, 7) is 6.04. The van der Waals surface area contributed by atoms with E-state index in [1.807, 2.05) is 25.1 Å². The number of aryl methyl sites for hydroxylation is 1. The predicted molar refractivity (Wildman–Crippen MR) is 101 cm³/mol. The molecule has 1 aromatic heterocycles. The van der Waals surface area contributed by atoms with Gasteiger partial charge < -0.3 is 0 Å². The van der Waals surface area contributed by atoms with Crippen molar-refractivity contribution in [2.75, 3.05) is 12.0 Å². The van der Waals surface area contributed by atoms with Crippen molar-refractivity contribution in [3.05, 3.63) is 23.8 Å². The maximum Gasteiger partial charge on any atom is 0.262 e. The molecule has 0 unspecified atom stereocenters. The summed E-state index contributed by atoms with van der Waals surface area (Å²) in [5.74, 6) is -0.222. The second-order valence-corrected chi connectivity index (χ2v) is 6.94. The van der Waals surface area contributed by atoms with E-state index in [2.05, 4.69) is 39.9 Å². The highest BCUT2D eigenvalue weighted by molar-refractivity contribution is 5.81. The van der Waals surface area contributed by atoms with Crippen molar-refractivity contribution >= 4 is 29.3 Å². The van der Waals surface area contributed by atoms with Gasteiger partial charge in [0.25, 0.3) is 5.95 Å². The Bertz CT molecular complexity index is 783. The summed E-state index contributed by atoms with van der Waals surface area (Å²) < 4.78 is 0. The summed E-state index contributed by atoms with van der Waals surface area (Å²) in [6.07, 6.45) is 2.61. The van der Waals surface area contributed by atoms with Gasteiger partial charge in [0, 0.05) is 0 Å². The fourth-order valence-corrected chi connectivity index (χ4v) is 2.72. The molecule has 0 aliphatic rings. The number of nitrogens with zero attached hydrogens (tertiary/aromatic N) is 4. The number of aromatic nitrogens is 3. The molecule has 0 bridgehead atoms. The van der Waals surface area contributed by atoms with Crippen molar-refractivity contribution in [1.29, 1.82) is 0 Å². The minimum atomic E-state index is -0.554. The highest BCUT2D eigenvalue weighted by Gasteiger charge is 2.21. The first kappa shape index (κ1) is 20.5. The number of hydroxylamine groups is 2. The van der Waals surface area contributed by atoms with Gasteiger partial charge in [-0.1, -0.05) is 38.8 Å². The van der Waals surface area contributed by atoms with E-state index in [-0.39, 0.29) is 24.8 Å². The SMILES string of the molecule is Cc1cccc2nnc(NNC(=O)[C@H](CCCC(C)C)CN(O)C=O)nc12. The number of fused-ring (bicyclic) bond motifs is 1. The summed E-state index contributed by atoms with van der Waals surface area (Å²) in [4.78, 5) is 27.5. The first-order valence-electron chi connectivity index (χ1n) is 8.97. The summed E-state index contributed by atoms with van der Waals surface area (Å²) in [5.41, 5.74) is 7.52. The second-order valence-electron chi connectivity index (χ2n) is 6.94. The van der Waals surface area contributed by atoms with Crippen molar-refractivity contribution < 1.29 is 14.8 Å². The monoisotopic (exact) mass is 374 g/mol. The Hall–Kier alpha value is -2.81. The van der Waals surface area contributed by atoms with Crippen molar-refractivity contribution in [1.82, 2.24) is 25.7 Å². The Labute approximate surface area is 158 Å². The lowest BCUT2D eigenvalue weighted by Gasteiger charge is -2.20. The fourth-order valence-electron chi connectivity index (χ4n) is 2.72. The normalized spacial score (nSPS) is 12.0. The molecule has 2 amide bonds. The highest BCUT2D eigenvalue weighted by Crippen LogP contribution is 2.15. The molecule has 0 radical (unpaired) electrons. The van der Waals surface area contributed by atoms with Gasteiger partial charge in [-0.05, 0) is 30.9 Å². The van der Waals surface area contributed by atoms with Crippen LogP contribution < -0.4 is 10.9 Å². The first-order valence-corrected chi connectivity index (χ1v) is 8.97. The summed E-state index contributed by atoms with van der Waals surface area (Å²) in [5, 5.41) is 17.9. The number of hydrazine groups is 1. The van der Waals surface area contributed by atoms with Crippen LogP contribution in [0.25, 0.3) is 11.0 Å². The molecule has 0 spiro atoms. The molecule has 2 aromatic rings. The number of carbonyl (C=O) groups is 2. The highest BCUT2D eigenvalue weighted by atomic mass is 16.5. The van der Waals surface area contributed by atoms with Gasteiger partial charge in [-0.15, -0.1) is 10.2 Å². The third kappa shape index (κ3) is 6.14. The van der Waals surface area contributed by atoms with Gasteiger partial charge in [0.2, 0.25) is 12.3 Å². The van der Waals surface area contributed by atoms with Crippen LogP contribution in [-0.2, 0) is 9.59 Å². The van der Waals surface area contributed by atoms with Crippen molar-refractivity contribution in [3.8, 4) is 0 Å². The van der Waals surface area contributed by atoms with E-state index in [9.17, 15) is 14.8 Å². The summed E-state index contributed by atoms with van der Waals surface area (Å²) in [7, 11) is 0. The predicted octanol–water partition coefficient (Wildman–Crippen LogP) is 2.07. The Morgan fingerprint density at radius 2 is 2.07 bits per heavy atom. The third-order valence-corrected chi connectivity index (χ3v) is 4.22. The van der Waals surface area contributed by atoms with Gasteiger partial charge in [-0.3, -0.25) is 25.6 Å². The molecule has 0 aliphatic carbocycles. The van der Waals surface area contributed by atoms with Crippen LogP contribution in [0.3, 0.4) is 0 Å². The Morgan fingerprint density at radius 3 is 2.78 bits per heavy atom. The molecule has 27 heavy (non-hydrogen) atoms. The lowest BCUT2D eigenvalue weighted by molar-refractivity contribution is -0.154. The zero-order chi connectivity index (χ0) is 19.8. The zero-order valence-corrected chi connectivity index (χ0v) is 15.8. The number of carbonyl (C=O) groups excluding carboxylic acids is 2. The molecular weight excluding hydrogens is 348 g/mol. The van der Waals surface area contributed by atoms with Gasteiger partial charge in [-0.2, -0.15) is 0 Å². The van der Waals surface area contributed by atoms with Crippen LogP contribution in [-0.4, -0.2) is 44.3 Å². The molecule has 0 fully saturated rings. The fraction of sp³-hybridized carbons (Fsp3) is 0.500.